The molecule has 19 heavy (non-hydrogen) atoms. The van der Waals surface area contributed by atoms with Gasteiger partial charge in [0.1, 0.15) is 0 Å². The van der Waals surface area contributed by atoms with Crippen LogP contribution in [0.4, 0.5) is 0 Å². The number of aromatic nitrogens is 2. The lowest BCUT2D eigenvalue weighted by atomic mass is 9.87. The van der Waals surface area contributed by atoms with Crippen LogP contribution < -0.4 is 0 Å². The number of hydrogen-bond acceptors (Lipinski definition) is 4. The molecule has 0 amide bonds. The summed E-state index contributed by atoms with van der Waals surface area (Å²) in [5.74, 6) is 1.80. The van der Waals surface area contributed by atoms with Crippen molar-refractivity contribution in [3.05, 3.63) is 47.6 Å². The smallest absolute Gasteiger partial charge is 0.229 e. The molecular formula is C15H18N2O2. The highest BCUT2D eigenvalue weighted by atomic mass is 16.5. The minimum atomic E-state index is -0.150. The van der Waals surface area contributed by atoms with E-state index in [1.165, 1.54) is 5.56 Å². The highest BCUT2D eigenvalue weighted by molar-refractivity contribution is 5.18. The minimum absolute atomic E-state index is 0.150. The van der Waals surface area contributed by atoms with E-state index in [-0.39, 0.29) is 6.10 Å². The lowest BCUT2D eigenvalue weighted by Gasteiger charge is -2.22. The highest BCUT2D eigenvalue weighted by Gasteiger charge is 2.25. The van der Waals surface area contributed by atoms with Gasteiger partial charge in [-0.05, 0) is 31.2 Å². The van der Waals surface area contributed by atoms with E-state index in [9.17, 15) is 5.11 Å². The monoisotopic (exact) mass is 258 g/mol. The van der Waals surface area contributed by atoms with Crippen molar-refractivity contribution in [2.24, 2.45) is 0 Å². The first-order chi connectivity index (χ1) is 9.31. The molecule has 1 fully saturated rings. The molecule has 3 rings (SSSR count). The van der Waals surface area contributed by atoms with Crippen molar-refractivity contribution in [2.75, 3.05) is 0 Å². The lowest BCUT2D eigenvalue weighted by molar-refractivity contribution is 0.116. The van der Waals surface area contributed by atoms with E-state index in [2.05, 4.69) is 22.3 Å². The van der Waals surface area contributed by atoms with Crippen LogP contribution in [0.3, 0.4) is 0 Å². The van der Waals surface area contributed by atoms with Crippen molar-refractivity contribution >= 4 is 0 Å². The SMILES string of the molecule is OC1CCC(c2nc(Cc3ccccc3)no2)CC1. The van der Waals surface area contributed by atoms with Gasteiger partial charge in [0.2, 0.25) is 5.89 Å². The van der Waals surface area contributed by atoms with Gasteiger partial charge in [-0.3, -0.25) is 0 Å². The molecule has 0 aliphatic heterocycles. The standard InChI is InChI=1S/C15H18N2O2/c18-13-8-6-12(7-9-13)15-16-14(17-19-15)10-11-4-2-1-3-5-11/h1-5,12-13,18H,6-10H2. The van der Waals surface area contributed by atoms with Gasteiger partial charge in [0.05, 0.1) is 6.10 Å². The molecule has 1 aromatic carbocycles. The second-order valence-corrected chi connectivity index (χ2v) is 5.22. The average molecular weight is 258 g/mol. The van der Waals surface area contributed by atoms with Crippen molar-refractivity contribution in [2.45, 2.75) is 44.1 Å². The summed E-state index contributed by atoms with van der Waals surface area (Å²) in [7, 11) is 0. The Labute approximate surface area is 112 Å². The van der Waals surface area contributed by atoms with E-state index in [1.807, 2.05) is 18.2 Å². The van der Waals surface area contributed by atoms with Gasteiger partial charge in [0, 0.05) is 12.3 Å². The molecule has 100 valence electrons. The van der Waals surface area contributed by atoms with E-state index in [1.54, 1.807) is 0 Å². The third-order valence-electron chi connectivity index (χ3n) is 3.73. The highest BCUT2D eigenvalue weighted by Crippen LogP contribution is 2.31. The third kappa shape index (κ3) is 3.01. The quantitative estimate of drug-likeness (QED) is 0.919. The van der Waals surface area contributed by atoms with Gasteiger partial charge in [-0.15, -0.1) is 0 Å². The Morgan fingerprint density at radius 2 is 1.84 bits per heavy atom. The van der Waals surface area contributed by atoms with Crippen LogP contribution in [0.15, 0.2) is 34.9 Å². The molecule has 0 spiro atoms. The van der Waals surface area contributed by atoms with Crippen LogP contribution in [-0.4, -0.2) is 21.4 Å². The Bertz CT molecular complexity index is 516. The fourth-order valence-corrected chi connectivity index (χ4v) is 2.61. The van der Waals surface area contributed by atoms with Crippen LogP contribution in [0.1, 0.15) is 48.9 Å². The number of hydrogen-bond donors (Lipinski definition) is 1. The number of aliphatic hydroxyl groups is 1. The van der Waals surface area contributed by atoms with Gasteiger partial charge in [-0.1, -0.05) is 35.5 Å². The normalized spacial score (nSPS) is 23.4. The largest absolute Gasteiger partial charge is 0.393 e. The molecule has 1 N–H and O–H groups in total. The maximum Gasteiger partial charge on any atom is 0.229 e. The van der Waals surface area contributed by atoms with E-state index in [4.69, 9.17) is 4.52 Å². The zero-order valence-corrected chi connectivity index (χ0v) is 10.8. The van der Waals surface area contributed by atoms with Crippen LogP contribution in [-0.2, 0) is 6.42 Å². The van der Waals surface area contributed by atoms with Crippen LogP contribution in [0.2, 0.25) is 0 Å². The van der Waals surface area contributed by atoms with Crippen LogP contribution in [0.25, 0.3) is 0 Å². The maximum absolute atomic E-state index is 9.51. The molecule has 1 heterocycles. The Morgan fingerprint density at radius 1 is 1.11 bits per heavy atom. The van der Waals surface area contributed by atoms with Crippen LogP contribution in [0, 0.1) is 0 Å². The first-order valence-electron chi connectivity index (χ1n) is 6.86. The van der Waals surface area contributed by atoms with Gasteiger partial charge < -0.3 is 9.63 Å². The Balaban J connectivity index is 1.66. The number of nitrogens with zero attached hydrogens (tertiary/aromatic N) is 2. The molecule has 2 aromatic rings. The van der Waals surface area contributed by atoms with E-state index in [0.717, 1.165) is 37.4 Å². The average Bonchev–Trinajstić information content (AvgIpc) is 2.89. The second-order valence-electron chi connectivity index (χ2n) is 5.22. The number of rotatable bonds is 3. The van der Waals surface area contributed by atoms with Crippen LogP contribution in [0.5, 0.6) is 0 Å². The summed E-state index contributed by atoms with van der Waals surface area (Å²) in [5.41, 5.74) is 1.19. The van der Waals surface area contributed by atoms with Gasteiger partial charge in [0.25, 0.3) is 0 Å². The molecule has 4 heteroatoms. The molecule has 0 bridgehead atoms. The first kappa shape index (κ1) is 12.4. The first-order valence-corrected chi connectivity index (χ1v) is 6.86. The second kappa shape index (κ2) is 5.53. The molecule has 0 radical (unpaired) electrons. The lowest BCUT2D eigenvalue weighted by Crippen LogP contribution is -2.17. The molecule has 1 saturated carbocycles. The zero-order chi connectivity index (χ0) is 13.1. The fourth-order valence-electron chi connectivity index (χ4n) is 2.61. The Kier molecular flexibility index (Phi) is 3.60. The summed E-state index contributed by atoms with van der Waals surface area (Å²) in [4.78, 5) is 4.49. The molecule has 1 aromatic heterocycles. The zero-order valence-electron chi connectivity index (χ0n) is 10.8. The molecule has 0 unspecified atom stereocenters. The molecule has 1 aliphatic carbocycles. The number of benzene rings is 1. The van der Waals surface area contributed by atoms with E-state index in [0.29, 0.717) is 12.3 Å². The van der Waals surface area contributed by atoms with Gasteiger partial charge in [0.15, 0.2) is 5.82 Å². The summed E-state index contributed by atoms with van der Waals surface area (Å²) in [6.07, 6.45) is 4.10. The van der Waals surface area contributed by atoms with Crippen molar-refractivity contribution in [1.29, 1.82) is 0 Å². The van der Waals surface area contributed by atoms with Gasteiger partial charge >= 0.3 is 0 Å². The fraction of sp³-hybridized carbons (Fsp3) is 0.467. The topological polar surface area (TPSA) is 59.2 Å². The summed E-state index contributed by atoms with van der Waals surface area (Å²) in [5, 5.41) is 13.6. The van der Waals surface area contributed by atoms with Crippen LogP contribution >= 0.6 is 0 Å². The molecule has 0 saturated heterocycles. The predicted octanol–water partition coefficient (Wildman–Crippen LogP) is 2.68. The predicted molar refractivity (Wildman–Crippen MR) is 70.8 cm³/mol. The molecule has 0 atom stereocenters. The van der Waals surface area contributed by atoms with Gasteiger partial charge in [-0.25, -0.2) is 0 Å². The molecular weight excluding hydrogens is 240 g/mol. The number of aliphatic hydroxyl groups excluding tert-OH is 1. The maximum atomic E-state index is 9.51. The summed E-state index contributed by atoms with van der Waals surface area (Å²) in [6, 6.07) is 10.1. The third-order valence-corrected chi connectivity index (χ3v) is 3.73. The van der Waals surface area contributed by atoms with E-state index < -0.39 is 0 Å². The summed E-state index contributed by atoms with van der Waals surface area (Å²) < 4.78 is 5.37. The minimum Gasteiger partial charge on any atom is -0.393 e. The van der Waals surface area contributed by atoms with Crippen molar-refractivity contribution in [3.8, 4) is 0 Å². The van der Waals surface area contributed by atoms with Crippen molar-refractivity contribution in [3.63, 3.8) is 0 Å². The Hall–Kier alpha value is -1.68. The van der Waals surface area contributed by atoms with Crippen molar-refractivity contribution < 1.29 is 9.63 Å². The van der Waals surface area contributed by atoms with Gasteiger partial charge in [-0.2, -0.15) is 4.98 Å². The Morgan fingerprint density at radius 3 is 2.58 bits per heavy atom. The van der Waals surface area contributed by atoms with E-state index >= 15 is 0 Å². The summed E-state index contributed by atoms with van der Waals surface area (Å²) >= 11 is 0. The van der Waals surface area contributed by atoms with Crippen molar-refractivity contribution in [1.82, 2.24) is 10.1 Å². The molecule has 4 nitrogen and oxygen atoms in total. The summed E-state index contributed by atoms with van der Waals surface area (Å²) in [6.45, 7) is 0. The molecule has 1 aliphatic rings.